The fourth-order valence-corrected chi connectivity index (χ4v) is 3.26. The van der Waals surface area contributed by atoms with Crippen LogP contribution in [-0.4, -0.2) is 20.4 Å². The van der Waals surface area contributed by atoms with E-state index in [4.69, 9.17) is 11.5 Å². The number of aromatic amines is 1. The van der Waals surface area contributed by atoms with Gasteiger partial charge in [-0.1, -0.05) is 18.2 Å². The first-order chi connectivity index (χ1) is 12.9. The molecule has 0 bridgehead atoms. The second-order valence-electron chi connectivity index (χ2n) is 6.28. The van der Waals surface area contributed by atoms with E-state index in [1.165, 1.54) is 25.1 Å². The smallest absolute Gasteiger partial charge is 0.264 e. The predicted octanol–water partition coefficient (Wildman–Crippen LogP) is 2.31. The fourth-order valence-electron chi connectivity index (χ4n) is 3.26. The summed E-state index contributed by atoms with van der Waals surface area (Å²) in [6.07, 6.45) is 0. The van der Waals surface area contributed by atoms with Gasteiger partial charge >= 0.3 is 0 Å². The number of nitrogens with two attached hydrogens (primary N) is 2. The monoisotopic (exact) mass is 365 g/mol. The summed E-state index contributed by atoms with van der Waals surface area (Å²) in [6.45, 7) is 1.48. The van der Waals surface area contributed by atoms with E-state index in [9.17, 15) is 14.0 Å². The van der Waals surface area contributed by atoms with Crippen molar-refractivity contribution < 1.29 is 9.18 Å². The number of hydrogen-bond donors (Lipinski definition) is 3. The van der Waals surface area contributed by atoms with Crippen molar-refractivity contribution in [3.05, 3.63) is 58.6 Å². The molecule has 0 aliphatic carbocycles. The van der Waals surface area contributed by atoms with Crippen molar-refractivity contribution in [3.8, 4) is 11.4 Å². The van der Waals surface area contributed by atoms with E-state index in [2.05, 4.69) is 9.97 Å². The van der Waals surface area contributed by atoms with Crippen molar-refractivity contribution in [2.75, 3.05) is 5.73 Å². The number of nitrogen functional groups attached to an aromatic ring is 1. The van der Waals surface area contributed by atoms with Gasteiger partial charge in [-0.15, -0.1) is 0 Å². The van der Waals surface area contributed by atoms with Crippen molar-refractivity contribution in [1.29, 1.82) is 0 Å². The number of hydrogen-bond acceptors (Lipinski definition) is 4. The number of H-pyrrole nitrogens is 1. The molecule has 27 heavy (non-hydrogen) atoms. The van der Waals surface area contributed by atoms with Gasteiger partial charge in [0, 0.05) is 0 Å². The zero-order chi connectivity index (χ0) is 19.3. The summed E-state index contributed by atoms with van der Waals surface area (Å²) in [4.78, 5) is 32.4. The van der Waals surface area contributed by atoms with E-state index < -0.39 is 23.3 Å². The number of imidazole rings is 1. The highest BCUT2D eigenvalue weighted by molar-refractivity contribution is 5.99. The maximum absolute atomic E-state index is 14.6. The number of fused-ring (bicyclic) bond motifs is 2. The maximum Gasteiger partial charge on any atom is 0.264 e. The molecule has 4 aromatic rings. The van der Waals surface area contributed by atoms with E-state index in [1.807, 2.05) is 12.1 Å². The molecule has 0 radical (unpaired) electrons. The summed E-state index contributed by atoms with van der Waals surface area (Å²) in [6, 6.07) is 10.4. The third-order valence-corrected chi connectivity index (χ3v) is 4.65. The molecular formula is C19H16FN5O2. The molecule has 0 spiro atoms. The number of pyridine rings is 1. The molecule has 4 rings (SSSR count). The molecule has 2 aromatic heterocycles. The van der Waals surface area contributed by atoms with Gasteiger partial charge < -0.3 is 16.5 Å². The zero-order valence-electron chi connectivity index (χ0n) is 14.4. The molecule has 2 heterocycles. The number of para-hydroxylation sites is 2. The van der Waals surface area contributed by atoms with Crippen LogP contribution < -0.4 is 17.0 Å². The largest absolute Gasteiger partial charge is 0.397 e. The standard InChI is InChI=1S/C19H16FN5O2/c1-9(17(22)26)25-13-8-4-5-10(20)14(13)16(21)15(19(25)27)18-23-11-6-2-3-7-12(11)24-18/h2-9H,21H2,1H3,(H2,22,26)(H,23,24). The number of carbonyl (C=O) groups excluding carboxylic acids is 1. The third kappa shape index (κ3) is 2.45. The minimum Gasteiger partial charge on any atom is -0.397 e. The van der Waals surface area contributed by atoms with Crippen LogP contribution in [0, 0.1) is 5.82 Å². The second kappa shape index (κ2) is 5.94. The Morgan fingerprint density at radius 3 is 2.67 bits per heavy atom. The Kier molecular flexibility index (Phi) is 3.69. The Hall–Kier alpha value is -3.68. The molecule has 1 atom stereocenters. The lowest BCUT2D eigenvalue weighted by Crippen LogP contribution is -2.34. The van der Waals surface area contributed by atoms with Crippen LogP contribution in [0.5, 0.6) is 0 Å². The first-order valence-corrected chi connectivity index (χ1v) is 8.26. The van der Waals surface area contributed by atoms with E-state index >= 15 is 0 Å². The molecule has 7 nitrogen and oxygen atoms in total. The summed E-state index contributed by atoms with van der Waals surface area (Å²) < 4.78 is 15.7. The number of nitrogens with one attached hydrogen (secondary N) is 1. The zero-order valence-corrected chi connectivity index (χ0v) is 14.4. The van der Waals surface area contributed by atoms with E-state index in [0.717, 1.165) is 4.57 Å². The SMILES string of the molecule is CC(C(N)=O)n1c(=O)c(-c2nc3ccccc3[nH]2)c(N)c2c(F)cccc21. The van der Waals surface area contributed by atoms with E-state index in [1.54, 1.807) is 12.1 Å². The lowest BCUT2D eigenvalue weighted by atomic mass is 10.1. The van der Waals surface area contributed by atoms with Crippen LogP contribution in [0.1, 0.15) is 13.0 Å². The fraction of sp³-hybridized carbons (Fsp3) is 0.105. The normalized spacial score (nSPS) is 12.5. The van der Waals surface area contributed by atoms with Gasteiger partial charge in [0.05, 0.1) is 27.6 Å². The Labute approximate surface area is 152 Å². The summed E-state index contributed by atoms with van der Waals surface area (Å²) in [5, 5.41) is 0.0423. The van der Waals surface area contributed by atoms with Gasteiger partial charge in [-0.3, -0.25) is 14.2 Å². The number of nitrogens with zero attached hydrogens (tertiary/aromatic N) is 2. The molecule has 0 aliphatic heterocycles. The number of aromatic nitrogens is 3. The first-order valence-electron chi connectivity index (χ1n) is 8.26. The van der Waals surface area contributed by atoms with Crippen molar-refractivity contribution in [1.82, 2.24) is 14.5 Å². The Morgan fingerprint density at radius 1 is 1.22 bits per heavy atom. The number of primary amides is 1. The molecule has 136 valence electrons. The molecule has 1 amide bonds. The highest BCUT2D eigenvalue weighted by atomic mass is 19.1. The van der Waals surface area contributed by atoms with Crippen LogP contribution in [0.3, 0.4) is 0 Å². The number of halogens is 1. The van der Waals surface area contributed by atoms with Gasteiger partial charge in [0.25, 0.3) is 5.56 Å². The van der Waals surface area contributed by atoms with Gasteiger partial charge in [-0.05, 0) is 31.2 Å². The van der Waals surface area contributed by atoms with Crippen molar-refractivity contribution in [2.45, 2.75) is 13.0 Å². The molecular weight excluding hydrogens is 349 g/mol. The van der Waals surface area contributed by atoms with Crippen LogP contribution in [0.4, 0.5) is 10.1 Å². The predicted molar refractivity (Wildman–Crippen MR) is 102 cm³/mol. The lowest BCUT2D eigenvalue weighted by molar-refractivity contribution is -0.120. The Morgan fingerprint density at radius 2 is 1.96 bits per heavy atom. The van der Waals surface area contributed by atoms with E-state index in [0.29, 0.717) is 11.0 Å². The van der Waals surface area contributed by atoms with Crippen LogP contribution in [0.15, 0.2) is 47.3 Å². The minimum absolute atomic E-state index is 0.00287. The average Bonchev–Trinajstić information content (AvgIpc) is 3.04. The molecule has 2 aromatic carbocycles. The second-order valence-corrected chi connectivity index (χ2v) is 6.28. The van der Waals surface area contributed by atoms with E-state index in [-0.39, 0.29) is 28.0 Å². The molecule has 0 saturated carbocycles. The molecule has 5 N–H and O–H groups in total. The van der Waals surface area contributed by atoms with Gasteiger partial charge in [0.15, 0.2) is 0 Å². The Balaban J connectivity index is 2.16. The van der Waals surface area contributed by atoms with Crippen LogP contribution in [0.25, 0.3) is 33.3 Å². The quantitative estimate of drug-likeness (QED) is 0.516. The summed E-state index contributed by atoms with van der Waals surface area (Å²) in [5.41, 5.74) is 12.5. The number of rotatable bonds is 3. The van der Waals surface area contributed by atoms with Crippen LogP contribution in [0.2, 0.25) is 0 Å². The molecule has 8 heteroatoms. The number of anilines is 1. The molecule has 0 aliphatic rings. The third-order valence-electron chi connectivity index (χ3n) is 4.65. The maximum atomic E-state index is 14.6. The van der Waals surface area contributed by atoms with Gasteiger partial charge in [-0.25, -0.2) is 9.37 Å². The van der Waals surface area contributed by atoms with Gasteiger partial charge in [0.2, 0.25) is 5.91 Å². The van der Waals surface area contributed by atoms with Crippen LogP contribution in [-0.2, 0) is 4.79 Å². The number of carbonyl (C=O) groups is 1. The minimum atomic E-state index is -0.995. The van der Waals surface area contributed by atoms with Crippen molar-refractivity contribution >= 4 is 33.5 Å². The topological polar surface area (TPSA) is 120 Å². The van der Waals surface area contributed by atoms with Gasteiger partial charge in [0.1, 0.15) is 23.2 Å². The molecule has 1 unspecified atom stereocenters. The highest BCUT2D eigenvalue weighted by Gasteiger charge is 2.25. The van der Waals surface area contributed by atoms with Gasteiger partial charge in [-0.2, -0.15) is 0 Å². The average molecular weight is 365 g/mol. The summed E-state index contributed by atoms with van der Waals surface area (Å²) >= 11 is 0. The highest BCUT2D eigenvalue weighted by Crippen LogP contribution is 2.32. The number of benzene rings is 2. The molecule has 0 saturated heterocycles. The van der Waals surface area contributed by atoms with Crippen LogP contribution >= 0.6 is 0 Å². The molecule has 0 fully saturated rings. The first kappa shape index (κ1) is 16.8. The Bertz CT molecular complexity index is 1240. The number of amides is 1. The summed E-state index contributed by atoms with van der Waals surface area (Å²) in [7, 11) is 0. The lowest BCUT2D eigenvalue weighted by Gasteiger charge is -2.18. The van der Waals surface area contributed by atoms with Crippen molar-refractivity contribution in [2.24, 2.45) is 5.73 Å². The van der Waals surface area contributed by atoms with Crippen molar-refractivity contribution in [3.63, 3.8) is 0 Å². The summed E-state index contributed by atoms with van der Waals surface area (Å²) in [5.74, 6) is -1.12.